The quantitative estimate of drug-likeness (QED) is 0.686. The van der Waals surface area contributed by atoms with Crippen LogP contribution in [0.25, 0.3) is 0 Å². The number of hydrogen-bond donors (Lipinski definition) is 1. The molecule has 0 aromatic heterocycles. The fourth-order valence-electron chi connectivity index (χ4n) is 2.45. The van der Waals surface area contributed by atoms with E-state index in [1.165, 1.54) is 4.90 Å². The first-order valence-electron chi connectivity index (χ1n) is 5.73. The van der Waals surface area contributed by atoms with Crippen LogP contribution in [0.4, 0.5) is 0 Å². The van der Waals surface area contributed by atoms with E-state index >= 15 is 0 Å². The fourth-order valence-corrected chi connectivity index (χ4v) is 4.14. The molecule has 0 radical (unpaired) electrons. The van der Waals surface area contributed by atoms with Gasteiger partial charge in [0.25, 0.3) is 0 Å². The Hall–Kier alpha value is -1.15. The van der Waals surface area contributed by atoms with Gasteiger partial charge in [-0.05, 0) is 12.8 Å². The van der Waals surface area contributed by atoms with Crippen LogP contribution in [0.3, 0.4) is 0 Å². The van der Waals surface area contributed by atoms with Crippen molar-refractivity contribution in [2.75, 3.05) is 24.7 Å². The maximum absolute atomic E-state index is 11.8. The van der Waals surface area contributed by atoms with Crippen molar-refractivity contribution in [2.24, 2.45) is 0 Å². The maximum Gasteiger partial charge on any atom is 0.328 e. The summed E-state index contributed by atoms with van der Waals surface area (Å²) in [5, 5.41) is 9.06. The highest BCUT2D eigenvalue weighted by Gasteiger charge is 2.41. The number of hydrogen-bond acceptors (Lipinski definition) is 5. The number of amides is 1. The molecule has 2 rings (SSSR count). The minimum Gasteiger partial charge on any atom is -0.480 e. The second-order valence-electron chi connectivity index (χ2n) is 4.58. The molecule has 0 aromatic carbocycles. The van der Waals surface area contributed by atoms with Crippen molar-refractivity contribution in [1.29, 1.82) is 0 Å². The maximum atomic E-state index is 11.8. The zero-order valence-electron chi connectivity index (χ0n) is 9.74. The molecule has 2 fully saturated rings. The van der Waals surface area contributed by atoms with Crippen LogP contribution in [0.5, 0.6) is 0 Å². The molecule has 1 amide bonds. The number of carbonyl (C=O) groups is 2. The van der Waals surface area contributed by atoms with Crippen molar-refractivity contribution < 1.29 is 27.9 Å². The average molecular weight is 277 g/mol. The summed E-state index contributed by atoms with van der Waals surface area (Å²) in [5.41, 5.74) is 0. The van der Waals surface area contributed by atoms with E-state index in [-0.39, 0.29) is 24.7 Å². The highest BCUT2D eigenvalue weighted by Crippen LogP contribution is 2.22. The number of sulfone groups is 1. The molecule has 8 heteroatoms. The summed E-state index contributed by atoms with van der Waals surface area (Å²) in [6.45, 7) is -0.266. The van der Waals surface area contributed by atoms with Gasteiger partial charge in [-0.1, -0.05) is 0 Å². The summed E-state index contributed by atoms with van der Waals surface area (Å²) in [6, 6.07) is -1.62. The molecule has 0 spiro atoms. The van der Waals surface area contributed by atoms with Crippen LogP contribution < -0.4 is 0 Å². The Kier molecular flexibility index (Phi) is 3.58. The lowest BCUT2D eigenvalue weighted by Gasteiger charge is -2.40. The summed E-state index contributed by atoms with van der Waals surface area (Å²) >= 11 is 0. The average Bonchev–Trinajstić information content (AvgIpc) is 2.27. The highest BCUT2D eigenvalue weighted by molar-refractivity contribution is 7.91. The topological polar surface area (TPSA) is 101 Å². The van der Waals surface area contributed by atoms with Crippen molar-refractivity contribution in [3.05, 3.63) is 0 Å². The highest BCUT2D eigenvalue weighted by atomic mass is 32.2. The Morgan fingerprint density at radius 3 is 2.78 bits per heavy atom. The first-order valence-corrected chi connectivity index (χ1v) is 7.55. The second-order valence-corrected chi connectivity index (χ2v) is 6.81. The molecule has 18 heavy (non-hydrogen) atoms. The molecule has 2 aliphatic rings. The van der Waals surface area contributed by atoms with Crippen molar-refractivity contribution in [3.63, 3.8) is 0 Å². The Balaban J connectivity index is 2.22. The van der Waals surface area contributed by atoms with Gasteiger partial charge in [-0.25, -0.2) is 13.2 Å². The van der Waals surface area contributed by atoms with Crippen LogP contribution in [0, 0.1) is 0 Å². The fraction of sp³-hybridized carbons (Fsp3) is 0.800. The minimum atomic E-state index is -3.18. The summed E-state index contributed by atoms with van der Waals surface area (Å²) in [5.74, 6) is -1.65. The molecule has 102 valence electrons. The molecule has 2 unspecified atom stereocenters. The molecule has 0 saturated carbocycles. The lowest BCUT2D eigenvalue weighted by Crippen LogP contribution is -2.59. The minimum absolute atomic E-state index is 0.0857. The number of rotatable bonds is 2. The monoisotopic (exact) mass is 277 g/mol. The smallest absolute Gasteiger partial charge is 0.328 e. The van der Waals surface area contributed by atoms with Crippen LogP contribution in [0.2, 0.25) is 0 Å². The molecular formula is C10H15NO6S. The van der Waals surface area contributed by atoms with Gasteiger partial charge >= 0.3 is 5.97 Å². The van der Waals surface area contributed by atoms with Gasteiger partial charge in [0.15, 0.2) is 15.9 Å². The Labute approximate surface area is 105 Å². The summed E-state index contributed by atoms with van der Waals surface area (Å²) < 4.78 is 28.0. The largest absolute Gasteiger partial charge is 0.480 e. The third kappa shape index (κ3) is 2.64. The molecule has 2 aliphatic heterocycles. The molecule has 0 aliphatic carbocycles. The Morgan fingerprint density at radius 2 is 2.17 bits per heavy atom. The molecule has 1 N–H and O–H groups in total. The molecule has 7 nitrogen and oxygen atoms in total. The van der Waals surface area contributed by atoms with E-state index in [2.05, 4.69) is 0 Å². The number of ether oxygens (including phenoxy) is 1. The molecule has 2 saturated heterocycles. The molecule has 2 atom stereocenters. The predicted octanol–water partition coefficient (Wildman–Crippen LogP) is -1.12. The zero-order chi connectivity index (χ0) is 13.3. The van der Waals surface area contributed by atoms with E-state index in [0.29, 0.717) is 12.8 Å². The van der Waals surface area contributed by atoms with Gasteiger partial charge in [-0.15, -0.1) is 0 Å². The van der Waals surface area contributed by atoms with Crippen molar-refractivity contribution in [1.82, 2.24) is 4.90 Å². The first kappa shape index (κ1) is 13.3. The van der Waals surface area contributed by atoms with E-state index in [1.807, 2.05) is 0 Å². The van der Waals surface area contributed by atoms with Gasteiger partial charge in [0.2, 0.25) is 5.91 Å². The van der Waals surface area contributed by atoms with Gasteiger partial charge in [0.1, 0.15) is 6.61 Å². The van der Waals surface area contributed by atoms with E-state index in [1.54, 1.807) is 0 Å². The van der Waals surface area contributed by atoms with Gasteiger partial charge in [-0.3, -0.25) is 4.79 Å². The standard InChI is InChI=1S/C10H15NO6S/c12-9-5-17-4-8(10(13)14)11(9)7-2-1-3-18(15,16)6-7/h7-8H,1-6H2,(H,13,14). The van der Waals surface area contributed by atoms with Gasteiger partial charge in [-0.2, -0.15) is 0 Å². The number of nitrogens with zero attached hydrogens (tertiary/aromatic N) is 1. The molecule has 0 aromatic rings. The number of carboxylic acids is 1. The van der Waals surface area contributed by atoms with Crippen molar-refractivity contribution in [3.8, 4) is 0 Å². The first-order chi connectivity index (χ1) is 8.41. The summed E-state index contributed by atoms with van der Waals surface area (Å²) in [7, 11) is -3.18. The number of carbonyl (C=O) groups excluding carboxylic acids is 1. The van der Waals surface area contributed by atoms with Crippen molar-refractivity contribution in [2.45, 2.75) is 24.9 Å². The summed E-state index contributed by atoms with van der Waals surface area (Å²) in [4.78, 5) is 24.0. The second kappa shape index (κ2) is 4.85. The Bertz CT molecular complexity index is 459. The number of carboxylic acid groups (broad SMARTS) is 1. The van der Waals surface area contributed by atoms with E-state index < -0.39 is 33.8 Å². The third-order valence-electron chi connectivity index (χ3n) is 3.24. The zero-order valence-corrected chi connectivity index (χ0v) is 10.6. The molecule has 2 heterocycles. The van der Waals surface area contributed by atoms with Crippen LogP contribution in [-0.2, 0) is 24.2 Å². The summed E-state index contributed by atoms with van der Waals surface area (Å²) in [6.07, 6.45) is 0.985. The van der Waals surface area contributed by atoms with Gasteiger partial charge in [0, 0.05) is 6.04 Å². The SMILES string of the molecule is O=C(O)C1COCC(=O)N1C1CCCS(=O)(=O)C1. The van der Waals surface area contributed by atoms with Crippen LogP contribution in [0.15, 0.2) is 0 Å². The third-order valence-corrected chi connectivity index (χ3v) is 5.05. The predicted molar refractivity (Wildman–Crippen MR) is 60.8 cm³/mol. The molecular weight excluding hydrogens is 262 g/mol. The molecule has 0 bridgehead atoms. The van der Waals surface area contributed by atoms with Gasteiger partial charge < -0.3 is 14.7 Å². The van der Waals surface area contributed by atoms with E-state index in [9.17, 15) is 18.0 Å². The van der Waals surface area contributed by atoms with Crippen LogP contribution in [-0.4, -0.2) is 67.1 Å². The lowest BCUT2D eigenvalue weighted by molar-refractivity contribution is -0.165. The normalized spacial score (nSPS) is 32.2. The number of morpholine rings is 1. The van der Waals surface area contributed by atoms with Gasteiger partial charge in [0.05, 0.1) is 18.1 Å². The number of aliphatic carboxylic acids is 1. The van der Waals surface area contributed by atoms with Crippen LogP contribution >= 0.6 is 0 Å². The van der Waals surface area contributed by atoms with Crippen LogP contribution in [0.1, 0.15) is 12.8 Å². The van der Waals surface area contributed by atoms with Crippen molar-refractivity contribution >= 4 is 21.7 Å². The Morgan fingerprint density at radius 1 is 1.44 bits per heavy atom. The lowest BCUT2D eigenvalue weighted by atomic mass is 10.1. The van der Waals surface area contributed by atoms with E-state index in [4.69, 9.17) is 9.84 Å². The van der Waals surface area contributed by atoms with E-state index in [0.717, 1.165) is 0 Å².